The number of nitrogens with one attached hydrogen (secondary N) is 2. The third-order valence-corrected chi connectivity index (χ3v) is 2.60. The number of carbonyl (C=O) groups is 1. The number of fused-ring (bicyclic) bond motifs is 1. The van der Waals surface area contributed by atoms with Gasteiger partial charge < -0.3 is 16.0 Å². The second-order valence-corrected chi connectivity index (χ2v) is 3.79. The van der Waals surface area contributed by atoms with Crippen LogP contribution in [0.15, 0.2) is 41.7 Å². The molecule has 0 aliphatic rings. The van der Waals surface area contributed by atoms with E-state index in [-0.39, 0.29) is 17.8 Å². The molecule has 18 heavy (non-hydrogen) atoms. The predicted molar refractivity (Wildman–Crippen MR) is 71.5 cm³/mol. The van der Waals surface area contributed by atoms with E-state index in [9.17, 15) is 9.59 Å². The number of nitrogen functional groups attached to an aromatic ring is 1. The minimum absolute atomic E-state index is 0.0597. The number of aromatic amines is 1. The van der Waals surface area contributed by atoms with Crippen LogP contribution in [0.2, 0.25) is 0 Å². The molecule has 0 spiro atoms. The van der Waals surface area contributed by atoms with Crippen LogP contribution in [0.5, 0.6) is 0 Å². The van der Waals surface area contributed by atoms with Gasteiger partial charge in [-0.25, -0.2) is 0 Å². The lowest BCUT2D eigenvalue weighted by atomic mass is 10.1. The van der Waals surface area contributed by atoms with Crippen molar-refractivity contribution in [2.45, 2.75) is 0 Å². The van der Waals surface area contributed by atoms with Gasteiger partial charge >= 0.3 is 0 Å². The van der Waals surface area contributed by atoms with Gasteiger partial charge in [0.2, 0.25) is 0 Å². The number of amides is 1. The number of nitrogens with two attached hydrogens (primary N) is 1. The van der Waals surface area contributed by atoms with Crippen molar-refractivity contribution in [3.63, 3.8) is 0 Å². The van der Waals surface area contributed by atoms with E-state index in [1.54, 1.807) is 24.3 Å². The zero-order valence-electron chi connectivity index (χ0n) is 9.69. The maximum Gasteiger partial charge on any atom is 0.263 e. The lowest BCUT2D eigenvalue weighted by molar-refractivity contribution is 0.0957. The van der Waals surface area contributed by atoms with Crippen molar-refractivity contribution in [2.24, 2.45) is 0 Å². The molecule has 0 aliphatic carbocycles. The summed E-state index contributed by atoms with van der Waals surface area (Å²) in [6, 6.07) is 7.07. The number of hydrogen-bond acceptors (Lipinski definition) is 3. The van der Waals surface area contributed by atoms with Gasteiger partial charge in [-0.05, 0) is 6.07 Å². The molecule has 1 heterocycles. The van der Waals surface area contributed by atoms with E-state index in [1.807, 2.05) is 0 Å². The number of pyridine rings is 1. The second-order valence-electron chi connectivity index (χ2n) is 3.79. The molecule has 92 valence electrons. The molecule has 2 rings (SSSR count). The summed E-state index contributed by atoms with van der Waals surface area (Å²) in [4.78, 5) is 26.3. The predicted octanol–water partition coefficient (Wildman–Crippen LogP) is 1.03. The van der Waals surface area contributed by atoms with E-state index in [2.05, 4.69) is 16.9 Å². The van der Waals surface area contributed by atoms with Gasteiger partial charge in [-0.3, -0.25) is 9.59 Å². The lowest BCUT2D eigenvalue weighted by Gasteiger charge is -2.08. The third-order valence-electron chi connectivity index (χ3n) is 2.60. The normalized spacial score (nSPS) is 10.2. The average molecular weight is 243 g/mol. The summed E-state index contributed by atoms with van der Waals surface area (Å²) < 4.78 is 0. The van der Waals surface area contributed by atoms with Crippen LogP contribution < -0.4 is 16.6 Å². The van der Waals surface area contributed by atoms with E-state index < -0.39 is 11.5 Å². The van der Waals surface area contributed by atoms with Crippen molar-refractivity contribution in [2.75, 3.05) is 12.3 Å². The Balaban J connectivity index is 2.60. The number of rotatable bonds is 3. The average Bonchev–Trinajstić information content (AvgIpc) is 2.36. The molecule has 0 unspecified atom stereocenters. The van der Waals surface area contributed by atoms with Crippen LogP contribution in [-0.4, -0.2) is 17.4 Å². The summed E-state index contributed by atoms with van der Waals surface area (Å²) in [6.45, 7) is 3.77. The monoisotopic (exact) mass is 243 g/mol. The fraction of sp³-hybridized carbons (Fsp3) is 0.0769. The summed E-state index contributed by atoms with van der Waals surface area (Å²) in [5.74, 6) is -0.501. The molecule has 1 amide bonds. The van der Waals surface area contributed by atoms with Crippen molar-refractivity contribution in [3.05, 3.63) is 52.8 Å². The third kappa shape index (κ3) is 1.98. The Hall–Kier alpha value is -2.56. The molecule has 0 saturated carbocycles. The standard InChI is InChI=1S/C13H13N3O2/c1-2-7-15-12(17)10-11(14)8-5-3-4-6-9(8)16-13(10)18/h2-6H,1,7H2,(H,15,17)(H3,14,16,18). The van der Waals surface area contributed by atoms with Crippen LogP contribution in [0.1, 0.15) is 10.4 Å². The summed E-state index contributed by atoms with van der Waals surface area (Å²) in [7, 11) is 0. The molecule has 0 bridgehead atoms. The van der Waals surface area contributed by atoms with Crippen molar-refractivity contribution < 1.29 is 4.79 Å². The summed E-state index contributed by atoms with van der Waals surface area (Å²) in [6.07, 6.45) is 1.53. The highest BCUT2D eigenvalue weighted by Gasteiger charge is 2.16. The highest BCUT2D eigenvalue weighted by Crippen LogP contribution is 2.19. The van der Waals surface area contributed by atoms with E-state index >= 15 is 0 Å². The maximum atomic E-state index is 11.8. The first-order chi connectivity index (χ1) is 8.65. The van der Waals surface area contributed by atoms with Crippen LogP contribution >= 0.6 is 0 Å². The minimum Gasteiger partial charge on any atom is -0.397 e. The topological polar surface area (TPSA) is 88.0 Å². The van der Waals surface area contributed by atoms with E-state index in [0.717, 1.165) is 0 Å². The second kappa shape index (κ2) is 4.75. The van der Waals surface area contributed by atoms with Crippen molar-refractivity contribution in [1.82, 2.24) is 10.3 Å². The highest BCUT2D eigenvalue weighted by atomic mass is 16.2. The molecule has 2 aromatic rings. The number of H-pyrrole nitrogens is 1. The number of carbonyl (C=O) groups excluding carboxylic acids is 1. The molecule has 5 nitrogen and oxygen atoms in total. The molecule has 1 aromatic heterocycles. The highest BCUT2D eigenvalue weighted by molar-refractivity contribution is 6.06. The van der Waals surface area contributed by atoms with Crippen molar-refractivity contribution in [3.8, 4) is 0 Å². The maximum absolute atomic E-state index is 11.8. The Bertz CT molecular complexity index is 673. The number of benzene rings is 1. The molecule has 4 N–H and O–H groups in total. The molecular weight excluding hydrogens is 230 g/mol. The number of aromatic nitrogens is 1. The van der Waals surface area contributed by atoms with Gasteiger partial charge in [0.1, 0.15) is 5.56 Å². The molecule has 0 radical (unpaired) electrons. The molecule has 1 aromatic carbocycles. The largest absolute Gasteiger partial charge is 0.397 e. The van der Waals surface area contributed by atoms with Crippen LogP contribution in [-0.2, 0) is 0 Å². The fourth-order valence-electron chi connectivity index (χ4n) is 1.75. The molecule has 0 aliphatic heterocycles. The van der Waals surface area contributed by atoms with Gasteiger partial charge in [-0.2, -0.15) is 0 Å². The van der Waals surface area contributed by atoms with Gasteiger partial charge in [-0.1, -0.05) is 24.3 Å². The summed E-state index contributed by atoms with van der Waals surface area (Å²) >= 11 is 0. The Morgan fingerprint density at radius 3 is 2.89 bits per heavy atom. The van der Waals surface area contributed by atoms with Gasteiger partial charge in [0, 0.05) is 11.9 Å². The van der Waals surface area contributed by atoms with Crippen molar-refractivity contribution in [1.29, 1.82) is 0 Å². The van der Waals surface area contributed by atoms with Gasteiger partial charge in [-0.15, -0.1) is 6.58 Å². The van der Waals surface area contributed by atoms with Crippen LogP contribution in [0.25, 0.3) is 10.9 Å². The fourth-order valence-corrected chi connectivity index (χ4v) is 1.75. The first kappa shape index (κ1) is 11.9. The Morgan fingerprint density at radius 2 is 2.17 bits per heavy atom. The molecule has 0 fully saturated rings. The lowest BCUT2D eigenvalue weighted by Crippen LogP contribution is -2.31. The minimum atomic E-state index is -0.501. The smallest absolute Gasteiger partial charge is 0.263 e. The van der Waals surface area contributed by atoms with Gasteiger partial charge in [0.15, 0.2) is 0 Å². The summed E-state index contributed by atoms with van der Waals surface area (Å²) in [5, 5.41) is 3.19. The van der Waals surface area contributed by atoms with Crippen LogP contribution in [0.4, 0.5) is 5.69 Å². The molecule has 0 atom stereocenters. The van der Waals surface area contributed by atoms with E-state index in [4.69, 9.17) is 5.73 Å². The Morgan fingerprint density at radius 1 is 1.44 bits per heavy atom. The number of hydrogen-bond donors (Lipinski definition) is 3. The van der Waals surface area contributed by atoms with Crippen LogP contribution in [0.3, 0.4) is 0 Å². The van der Waals surface area contributed by atoms with Gasteiger partial charge in [0.05, 0.1) is 11.2 Å². The number of para-hydroxylation sites is 1. The summed E-state index contributed by atoms with van der Waals surface area (Å²) in [5.41, 5.74) is 6.14. The zero-order valence-corrected chi connectivity index (χ0v) is 9.69. The molecule has 0 saturated heterocycles. The molecular formula is C13H13N3O2. The van der Waals surface area contributed by atoms with Gasteiger partial charge in [0.25, 0.3) is 11.5 Å². The van der Waals surface area contributed by atoms with Crippen molar-refractivity contribution >= 4 is 22.5 Å². The number of anilines is 1. The Kier molecular flexibility index (Phi) is 3.14. The Labute approximate surface area is 103 Å². The SMILES string of the molecule is C=CCNC(=O)c1c(N)c2ccccc2[nH]c1=O. The first-order valence-electron chi connectivity index (χ1n) is 5.44. The molecule has 5 heteroatoms. The first-order valence-corrected chi connectivity index (χ1v) is 5.44. The zero-order chi connectivity index (χ0) is 13.1. The van der Waals surface area contributed by atoms with E-state index in [0.29, 0.717) is 10.9 Å². The quantitative estimate of drug-likeness (QED) is 0.703. The van der Waals surface area contributed by atoms with E-state index in [1.165, 1.54) is 6.08 Å². The van der Waals surface area contributed by atoms with Crippen LogP contribution in [0, 0.1) is 0 Å².